The van der Waals surface area contributed by atoms with Crippen molar-refractivity contribution in [2.24, 2.45) is 17.3 Å². The van der Waals surface area contributed by atoms with E-state index in [0.717, 1.165) is 34.6 Å². The molecule has 0 radical (unpaired) electrons. The van der Waals surface area contributed by atoms with Crippen molar-refractivity contribution in [2.45, 2.75) is 100 Å². The first-order chi connectivity index (χ1) is 31.4. The molecule has 66 heavy (non-hydrogen) atoms. The second-order valence-electron chi connectivity index (χ2n) is 19.5. The number of benzene rings is 2. The van der Waals surface area contributed by atoms with Crippen LogP contribution in [0.15, 0.2) is 42.5 Å². The van der Waals surface area contributed by atoms with Crippen LogP contribution in [0.5, 0.6) is 5.75 Å². The molecule has 1 aliphatic carbocycles. The van der Waals surface area contributed by atoms with Gasteiger partial charge in [-0.15, -0.1) is 0 Å². The third kappa shape index (κ3) is 6.52. The minimum Gasteiger partial charge on any atom is -0.496 e. The molecular formula is C49H62F2N6O8S. The topological polar surface area (TPSA) is 158 Å². The van der Waals surface area contributed by atoms with E-state index < -0.39 is 63.7 Å². The number of carbonyl (C=O) groups is 3. The second-order valence-corrected chi connectivity index (χ2v) is 19.9. The van der Waals surface area contributed by atoms with Crippen LogP contribution < -0.4 is 20.3 Å². The Morgan fingerprint density at radius 2 is 1.79 bits per heavy atom. The van der Waals surface area contributed by atoms with E-state index in [2.05, 4.69) is 25.4 Å². The Morgan fingerprint density at radius 3 is 2.45 bits per heavy atom. The Morgan fingerprint density at radius 1 is 1.03 bits per heavy atom. The molecule has 2 saturated heterocycles. The molecule has 6 aliphatic rings. The van der Waals surface area contributed by atoms with E-state index in [1.807, 2.05) is 68.3 Å². The summed E-state index contributed by atoms with van der Waals surface area (Å²) in [7, 11) is 5.93. The predicted molar refractivity (Wildman–Crippen MR) is 249 cm³/mol. The Hall–Kier alpha value is -4.84. The van der Waals surface area contributed by atoms with Gasteiger partial charge >= 0.3 is 17.9 Å². The number of aromatic amines is 1. The molecule has 356 valence electrons. The maximum absolute atomic E-state index is 15.5. The van der Waals surface area contributed by atoms with Crippen molar-refractivity contribution in [3.05, 3.63) is 64.9 Å². The van der Waals surface area contributed by atoms with E-state index in [1.54, 1.807) is 0 Å². The fraction of sp³-hybridized carbons (Fsp3) is 0.592. The predicted octanol–water partition coefficient (Wildman–Crippen LogP) is 5.43. The maximum atomic E-state index is 15.5. The number of likely N-dealkylation sites (N-methyl/N-ethyl adjacent to an activating group) is 1. The van der Waals surface area contributed by atoms with Crippen LogP contribution in [0, 0.1) is 17.3 Å². The van der Waals surface area contributed by atoms with Crippen LogP contribution in [-0.4, -0.2) is 140 Å². The van der Waals surface area contributed by atoms with Gasteiger partial charge in [-0.25, -0.2) is 13.6 Å². The van der Waals surface area contributed by atoms with Crippen LogP contribution in [0.2, 0.25) is 0 Å². The van der Waals surface area contributed by atoms with E-state index in [9.17, 15) is 14.7 Å². The van der Waals surface area contributed by atoms with Gasteiger partial charge in [-0.3, -0.25) is 14.5 Å². The van der Waals surface area contributed by atoms with Crippen molar-refractivity contribution in [3.63, 3.8) is 0 Å². The van der Waals surface area contributed by atoms with Crippen LogP contribution >= 0.6 is 12.2 Å². The Balaban J connectivity index is 1.35. The normalized spacial score (nSPS) is 33.3. The number of fused-ring (bicyclic) bond motifs is 6. The van der Waals surface area contributed by atoms with Crippen LogP contribution in [0.25, 0.3) is 10.9 Å². The Bertz CT molecular complexity index is 2510. The number of aliphatic hydroxyl groups is 1. The molecule has 4 N–H and O–H groups in total. The van der Waals surface area contributed by atoms with Crippen LogP contribution in [0.1, 0.15) is 75.8 Å². The summed E-state index contributed by atoms with van der Waals surface area (Å²) in [6.45, 7) is 9.20. The lowest BCUT2D eigenvalue weighted by Gasteiger charge is -2.63. The zero-order valence-corrected chi connectivity index (χ0v) is 39.8. The molecule has 1 saturated carbocycles. The minimum absolute atomic E-state index is 0.109. The van der Waals surface area contributed by atoms with E-state index in [0.29, 0.717) is 79.8 Å². The van der Waals surface area contributed by atoms with Crippen molar-refractivity contribution in [2.75, 3.05) is 77.9 Å². The molecule has 9 rings (SSSR count). The number of nitrogens with zero attached hydrogens (tertiary/aromatic N) is 3. The van der Waals surface area contributed by atoms with Crippen molar-refractivity contribution in [1.29, 1.82) is 0 Å². The number of methoxy groups -OCH3 is 3. The molecule has 17 heteroatoms. The Kier molecular flexibility index (Phi) is 11.5. The number of halogens is 2. The molecule has 0 amide bonds. The molecular weight excluding hydrogens is 871 g/mol. The second kappa shape index (κ2) is 16.4. The van der Waals surface area contributed by atoms with Crippen molar-refractivity contribution < 1.29 is 47.2 Å². The van der Waals surface area contributed by atoms with Gasteiger partial charge in [0.05, 0.1) is 27.4 Å². The van der Waals surface area contributed by atoms with Gasteiger partial charge in [0.1, 0.15) is 11.2 Å². The van der Waals surface area contributed by atoms with E-state index in [4.69, 9.17) is 31.2 Å². The summed E-state index contributed by atoms with van der Waals surface area (Å²) in [5.74, 6) is -6.11. The molecule has 2 aromatic carbocycles. The fourth-order valence-electron chi connectivity index (χ4n) is 13.9. The van der Waals surface area contributed by atoms with Gasteiger partial charge < -0.3 is 49.5 Å². The number of carbonyl (C=O) groups excluding carboxylic acids is 3. The molecule has 5 aliphatic heterocycles. The van der Waals surface area contributed by atoms with Crippen molar-refractivity contribution in [3.8, 4) is 5.75 Å². The van der Waals surface area contributed by atoms with Crippen LogP contribution in [-0.2, 0) is 45.8 Å². The van der Waals surface area contributed by atoms with Gasteiger partial charge in [-0.2, -0.15) is 0 Å². The number of alkyl halides is 2. The monoisotopic (exact) mass is 932 g/mol. The summed E-state index contributed by atoms with van der Waals surface area (Å²) in [4.78, 5) is 53.1. The molecule has 3 aromatic rings. The van der Waals surface area contributed by atoms with Gasteiger partial charge in [0.25, 0.3) is 0 Å². The standard InChI is InChI=1S/C49H62F2N6O8S/c1-9-46-15-11-17-57-19-16-47(39(46)57)33-22-34(37(62-6)23-36(33)55(5)40(47)49(61,43(60)64-8)41(46)65-27(3)58)48(42(59)63-7)24-28-20-29(45(4,50)51)26-56(25-28)18-14-31-32-21-30(53-44(66)52-10-2)12-13-35(32)54-38(31)48/h11-13,15,21-23,28-29,39-41,54,61H,9-10,14,16-20,24-26H2,1-8H3,(H2,52,53,66)/t28?,29?,39?,40?,41-,46-,47?,48-,49+/m0/s1. The minimum atomic E-state index is -2.97. The van der Waals surface area contributed by atoms with Gasteiger partial charge in [-0.1, -0.05) is 19.1 Å². The molecule has 3 fully saturated rings. The lowest BCUT2D eigenvalue weighted by atomic mass is 9.47. The van der Waals surface area contributed by atoms with Gasteiger partial charge in [0.2, 0.25) is 11.5 Å². The number of anilines is 2. The number of hydrogen-bond acceptors (Lipinski definition) is 12. The van der Waals surface area contributed by atoms with Crippen LogP contribution in [0.4, 0.5) is 20.2 Å². The third-order valence-corrected chi connectivity index (χ3v) is 16.5. The smallest absolute Gasteiger partial charge is 0.344 e. The largest absolute Gasteiger partial charge is 0.496 e. The van der Waals surface area contributed by atoms with Gasteiger partial charge in [0, 0.05) is 109 Å². The summed E-state index contributed by atoms with van der Waals surface area (Å²) in [5.41, 5.74) is -1.23. The highest BCUT2D eigenvalue weighted by Gasteiger charge is 2.80. The summed E-state index contributed by atoms with van der Waals surface area (Å²) in [5, 5.41) is 21.1. The van der Waals surface area contributed by atoms with Gasteiger partial charge in [-0.05, 0) is 106 Å². The molecule has 6 unspecified atom stereocenters. The van der Waals surface area contributed by atoms with E-state index >= 15 is 13.6 Å². The van der Waals surface area contributed by atoms with Crippen LogP contribution in [0.3, 0.4) is 0 Å². The third-order valence-electron chi connectivity index (χ3n) is 16.3. The summed E-state index contributed by atoms with van der Waals surface area (Å²) >= 11 is 5.56. The molecule has 1 spiro atoms. The summed E-state index contributed by atoms with van der Waals surface area (Å²) in [6.07, 6.45) is 4.32. The highest BCUT2D eigenvalue weighted by Crippen LogP contribution is 2.68. The zero-order valence-electron chi connectivity index (χ0n) is 39.0. The lowest BCUT2D eigenvalue weighted by molar-refractivity contribution is -0.228. The average Bonchev–Trinajstić information content (AvgIpc) is 3.94. The number of H-pyrrole nitrogens is 1. The van der Waals surface area contributed by atoms with Crippen molar-refractivity contribution >= 4 is 57.5 Å². The first kappa shape index (κ1) is 46.3. The molecule has 1 aromatic heterocycles. The average molecular weight is 933 g/mol. The SMILES string of the molecule is CCNC(=S)Nc1ccc2[nH]c3c(c2c1)CCN1CC(CC(C(C)(F)F)C1)C[C@]3(C(=O)OC)c1cc2c(cc1OC)N(C)C1C23CCN2CC=C[C@@](CC)(C23)[C@H](OC(C)=O)[C@@]1(O)C(=O)OC. The summed E-state index contributed by atoms with van der Waals surface area (Å²) < 4.78 is 55.0. The number of rotatable bonds is 9. The number of ether oxygens (including phenoxy) is 4. The van der Waals surface area contributed by atoms with Crippen molar-refractivity contribution in [1.82, 2.24) is 20.1 Å². The molecule has 6 heterocycles. The highest BCUT2D eigenvalue weighted by atomic mass is 32.1. The maximum Gasteiger partial charge on any atom is 0.344 e. The quantitative estimate of drug-likeness (QED) is 0.0933. The number of aromatic nitrogens is 1. The Labute approximate surface area is 389 Å². The summed E-state index contributed by atoms with van der Waals surface area (Å²) in [6, 6.07) is 8.35. The van der Waals surface area contributed by atoms with Gasteiger partial charge in [0.15, 0.2) is 11.2 Å². The molecule has 10 atom stereocenters. The van der Waals surface area contributed by atoms with E-state index in [-0.39, 0.29) is 31.3 Å². The zero-order chi connectivity index (χ0) is 47.3. The molecule has 14 nitrogen and oxygen atoms in total. The van der Waals surface area contributed by atoms with E-state index in [1.165, 1.54) is 28.3 Å². The first-order valence-corrected chi connectivity index (χ1v) is 23.5. The number of piperidine rings is 1. The number of hydrogen-bond donors (Lipinski definition) is 4. The number of thiocarbonyl (C=S) groups is 1. The first-order valence-electron chi connectivity index (χ1n) is 23.1. The lowest BCUT2D eigenvalue weighted by Crippen LogP contribution is -2.81. The fourth-order valence-corrected chi connectivity index (χ4v) is 14.2. The number of esters is 3. The highest BCUT2D eigenvalue weighted by molar-refractivity contribution is 7.80. The molecule has 2 bridgehead atoms. The number of nitrogens with one attached hydrogen (secondary N) is 3.